The second kappa shape index (κ2) is 63.9. The van der Waals surface area contributed by atoms with Crippen LogP contribution in [0.5, 0.6) is 0 Å². The molecular weight excluding hydrogens is 937 g/mol. The van der Waals surface area contributed by atoms with Gasteiger partial charge < -0.3 is 14.2 Å². The van der Waals surface area contributed by atoms with Gasteiger partial charge in [-0.05, 0) is 83.5 Å². The normalized spacial score (nSPS) is 12.7. The van der Waals surface area contributed by atoms with Gasteiger partial charge in [-0.25, -0.2) is 0 Å². The van der Waals surface area contributed by atoms with Gasteiger partial charge in [-0.1, -0.05) is 304 Å². The number of hydrogen-bond donors (Lipinski definition) is 0. The van der Waals surface area contributed by atoms with Crippen molar-refractivity contribution < 1.29 is 28.6 Å². The minimum atomic E-state index is -0.773. The van der Waals surface area contributed by atoms with Crippen LogP contribution in [0.15, 0.2) is 97.2 Å². The first kappa shape index (κ1) is 72.3. The van der Waals surface area contributed by atoms with Crippen LogP contribution in [-0.2, 0) is 28.6 Å². The molecule has 0 saturated heterocycles. The first-order chi connectivity index (χ1) is 37.5. The number of carbonyl (C=O) groups excluding carboxylic acids is 3. The van der Waals surface area contributed by atoms with Crippen LogP contribution in [0, 0.1) is 0 Å². The highest BCUT2D eigenvalue weighted by Crippen LogP contribution is 2.16. The molecule has 0 aliphatic heterocycles. The van der Waals surface area contributed by atoms with Gasteiger partial charge in [0.1, 0.15) is 13.2 Å². The van der Waals surface area contributed by atoms with E-state index in [1.54, 1.807) is 0 Å². The Bertz CT molecular complexity index is 1490. The molecule has 0 spiro atoms. The fourth-order valence-corrected chi connectivity index (χ4v) is 9.05. The standard InChI is InChI=1S/C70H120O6/c1-4-7-10-13-16-19-21-23-25-26-27-28-29-30-31-32-33-34-35-36-37-38-39-40-41-42-43-44-46-47-49-51-54-57-60-63-69(72)75-66-67(65-74-68(71)62-59-56-53-18-15-12-9-6-3)76-70(73)64-61-58-55-52-50-48-45-24-22-20-17-14-11-8-5-2/h7,10,16,19,23,25,27-28,30-31,33-34,36-37,39-40,67H,4-6,8-9,11-15,17-18,20-22,24,26,29,32,35,38,41-66H2,1-3H3/b10-7-,19-16-,25-23-,28-27-,31-30-,34-33-,37-36-,40-39-. The van der Waals surface area contributed by atoms with Crippen LogP contribution < -0.4 is 0 Å². The van der Waals surface area contributed by atoms with Crippen molar-refractivity contribution in [3.63, 3.8) is 0 Å². The minimum absolute atomic E-state index is 0.0735. The number of hydrogen-bond acceptors (Lipinski definition) is 6. The lowest BCUT2D eigenvalue weighted by atomic mass is 10.0. The van der Waals surface area contributed by atoms with E-state index in [2.05, 4.69) is 118 Å². The third kappa shape index (κ3) is 61.2. The molecule has 0 aromatic heterocycles. The number of unbranched alkanes of at least 4 members (excludes halogenated alkanes) is 31. The molecule has 0 aromatic rings. The number of carbonyl (C=O) groups is 3. The Morgan fingerprint density at radius 1 is 0.276 bits per heavy atom. The molecule has 436 valence electrons. The monoisotopic (exact) mass is 1060 g/mol. The summed E-state index contributed by atoms with van der Waals surface area (Å²) in [6, 6.07) is 0. The van der Waals surface area contributed by atoms with Crippen LogP contribution in [0.1, 0.15) is 310 Å². The Balaban J connectivity index is 4.09. The summed E-state index contributed by atoms with van der Waals surface area (Å²) in [5.74, 6) is -0.871. The zero-order valence-corrected chi connectivity index (χ0v) is 50.0. The van der Waals surface area contributed by atoms with E-state index in [1.165, 1.54) is 161 Å². The number of rotatable bonds is 58. The molecule has 0 N–H and O–H groups in total. The molecule has 0 aliphatic rings. The summed E-state index contributed by atoms with van der Waals surface area (Å²) in [4.78, 5) is 38.1. The molecule has 76 heavy (non-hydrogen) atoms. The van der Waals surface area contributed by atoms with Gasteiger partial charge in [0.25, 0.3) is 0 Å². The maximum Gasteiger partial charge on any atom is 0.306 e. The molecule has 0 rings (SSSR count). The van der Waals surface area contributed by atoms with Crippen molar-refractivity contribution in [2.45, 2.75) is 316 Å². The summed E-state index contributed by atoms with van der Waals surface area (Å²) < 4.78 is 16.8. The Morgan fingerprint density at radius 3 is 0.803 bits per heavy atom. The van der Waals surface area contributed by atoms with Crippen molar-refractivity contribution in [3.05, 3.63) is 97.2 Å². The second-order valence-corrected chi connectivity index (χ2v) is 21.3. The van der Waals surface area contributed by atoms with Crippen LogP contribution in [0.4, 0.5) is 0 Å². The second-order valence-electron chi connectivity index (χ2n) is 21.3. The van der Waals surface area contributed by atoms with E-state index in [4.69, 9.17) is 14.2 Å². The third-order valence-corrected chi connectivity index (χ3v) is 13.9. The van der Waals surface area contributed by atoms with E-state index in [9.17, 15) is 14.4 Å². The maximum absolute atomic E-state index is 12.8. The molecule has 6 heteroatoms. The van der Waals surface area contributed by atoms with Gasteiger partial charge >= 0.3 is 17.9 Å². The van der Waals surface area contributed by atoms with Crippen LogP contribution >= 0.6 is 0 Å². The van der Waals surface area contributed by atoms with Gasteiger partial charge in [-0.15, -0.1) is 0 Å². The largest absolute Gasteiger partial charge is 0.462 e. The molecule has 0 saturated carbocycles. The average Bonchev–Trinajstić information content (AvgIpc) is 3.42. The number of allylic oxidation sites excluding steroid dienone is 16. The first-order valence-corrected chi connectivity index (χ1v) is 32.2. The van der Waals surface area contributed by atoms with Crippen LogP contribution in [0.2, 0.25) is 0 Å². The van der Waals surface area contributed by atoms with Crippen LogP contribution in [-0.4, -0.2) is 37.2 Å². The van der Waals surface area contributed by atoms with Crippen LogP contribution in [0.25, 0.3) is 0 Å². The molecule has 6 nitrogen and oxygen atoms in total. The zero-order valence-electron chi connectivity index (χ0n) is 50.0. The fraction of sp³-hybridized carbons (Fsp3) is 0.729. The molecule has 0 bridgehead atoms. The van der Waals surface area contributed by atoms with Crippen molar-refractivity contribution in [3.8, 4) is 0 Å². The summed E-state index contributed by atoms with van der Waals surface area (Å²) in [6.45, 7) is 6.52. The van der Waals surface area contributed by atoms with Gasteiger partial charge in [0.05, 0.1) is 0 Å². The molecule has 0 aliphatic carbocycles. The lowest BCUT2D eigenvalue weighted by molar-refractivity contribution is -0.167. The van der Waals surface area contributed by atoms with Gasteiger partial charge in [-0.3, -0.25) is 14.4 Å². The maximum atomic E-state index is 12.8. The average molecular weight is 1060 g/mol. The third-order valence-electron chi connectivity index (χ3n) is 13.9. The zero-order chi connectivity index (χ0) is 55.0. The molecule has 0 aromatic carbocycles. The molecule has 0 heterocycles. The summed E-state index contributed by atoms with van der Waals surface area (Å²) in [5.41, 5.74) is 0. The van der Waals surface area contributed by atoms with E-state index in [-0.39, 0.29) is 31.1 Å². The van der Waals surface area contributed by atoms with Crippen molar-refractivity contribution in [1.82, 2.24) is 0 Å². The first-order valence-electron chi connectivity index (χ1n) is 32.2. The Hall–Kier alpha value is -3.67. The van der Waals surface area contributed by atoms with Crippen molar-refractivity contribution in [2.24, 2.45) is 0 Å². The highest BCUT2D eigenvalue weighted by Gasteiger charge is 2.19. The SMILES string of the molecule is CC/C=C\C/C=C\C/C=C\C/C=C\C/C=C\C/C=C\C/C=C\C/C=C\CCCCCCCCCCCCC(=O)OCC(COC(=O)CCCCCCCCCC)OC(=O)CCCCCCCCCCCCCCCCC. The molecule has 1 atom stereocenters. The lowest BCUT2D eigenvalue weighted by Gasteiger charge is -2.18. The van der Waals surface area contributed by atoms with E-state index in [1.807, 2.05) is 0 Å². The minimum Gasteiger partial charge on any atom is -0.462 e. The fourth-order valence-electron chi connectivity index (χ4n) is 9.05. The van der Waals surface area contributed by atoms with Gasteiger partial charge in [0.2, 0.25) is 0 Å². The quantitative estimate of drug-likeness (QED) is 0.0261. The number of esters is 3. The highest BCUT2D eigenvalue weighted by atomic mass is 16.6. The summed E-state index contributed by atoms with van der Waals surface area (Å²) in [7, 11) is 0. The summed E-state index contributed by atoms with van der Waals surface area (Å²) in [5, 5.41) is 0. The predicted octanol–water partition coefficient (Wildman–Crippen LogP) is 22.0. The Kier molecular flexibility index (Phi) is 60.8. The molecule has 0 fully saturated rings. The van der Waals surface area contributed by atoms with E-state index in [0.717, 1.165) is 109 Å². The predicted molar refractivity (Wildman–Crippen MR) is 330 cm³/mol. The van der Waals surface area contributed by atoms with E-state index >= 15 is 0 Å². The van der Waals surface area contributed by atoms with Gasteiger partial charge in [0, 0.05) is 19.3 Å². The van der Waals surface area contributed by atoms with E-state index in [0.29, 0.717) is 19.3 Å². The van der Waals surface area contributed by atoms with E-state index < -0.39 is 6.10 Å². The van der Waals surface area contributed by atoms with Crippen LogP contribution in [0.3, 0.4) is 0 Å². The summed E-state index contributed by atoms with van der Waals surface area (Å²) >= 11 is 0. The summed E-state index contributed by atoms with van der Waals surface area (Å²) in [6.07, 6.45) is 85.8. The Labute approximate surface area is 470 Å². The topological polar surface area (TPSA) is 78.9 Å². The van der Waals surface area contributed by atoms with Crippen molar-refractivity contribution in [1.29, 1.82) is 0 Å². The smallest absolute Gasteiger partial charge is 0.306 e. The lowest BCUT2D eigenvalue weighted by Crippen LogP contribution is -2.30. The Morgan fingerprint density at radius 2 is 0.513 bits per heavy atom. The van der Waals surface area contributed by atoms with Crippen molar-refractivity contribution in [2.75, 3.05) is 13.2 Å². The highest BCUT2D eigenvalue weighted by molar-refractivity contribution is 5.71. The number of ether oxygens (including phenoxy) is 3. The van der Waals surface area contributed by atoms with Gasteiger partial charge in [0.15, 0.2) is 6.10 Å². The molecular formula is C70H120O6. The molecule has 0 radical (unpaired) electrons. The molecule has 0 amide bonds. The molecule has 1 unspecified atom stereocenters. The van der Waals surface area contributed by atoms with Gasteiger partial charge in [-0.2, -0.15) is 0 Å². The van der Waals surface area contributed by atoms with Crippen molar-refractivity contribution >= 4 is 17.9 Å².